The van der Waals surface area contributed by atoms with Gasteiger partial charge in [0.1, 0.15) is 0 Å². The maximum absolute atomic E-state index is 5.26. The van der Waals surface area contributed by atoms with Gasteiger partial charge in [0.2, 0.25) is 0 Å². The molecule has 0 radical (unpaired) electrons. The molecule has 0 N–H and O–H groups in total. The Morgan fingerprint density at radius 2 is 0.928 bits per heavy atom. The number of hydrogen-bond donors (Lipinski definition) is 0. The Labute approximate surface area is 403 Å². The minimum Gasteiger partial charge on any atom is -0.309 e. The minimum absolute atomic E-state index is 0.363. The van der Waals surface area contributed by atoms with Crippen molar-refractivity contribution in [3.05, 3.63) is 241 Å². The molecule has 5 heteroatoms. The lowest BCUT2D eigenvalue weighted by atomic mass is 9.90. The third kappa shape index (κ3) is 6.61. The molecule has 14 rings (SSSR count). The summed E-state index contributed by atoms with van der Waals surface area (Å²) in [5, 5.41) is 7.33. The van der Waals surface area contributed by atoms with Gasteiger partial charge in [0.15, 0.2) is 17.5 Å². The van der Waals surface area contributed by atoms with Gasteiger partial charge in [-0.3, -0.25) is 0 Å². The second-order valence-electron chi connectivity index (χ2n) is 18.2. The number of aryl methyl sites for hydroxylation is 1. The van der Waals surface area contributed by atoms with Gasteiger partial charge in [0.05, 0.1) is 16.7 Å². The highest BCUT2D eigenvalue weighted by Crippen LogP contribution is 2.47. The lowest BCUT2D eigenvalue weighted by molar-refractivity contribution is 0.730. The number of nitrogens with zero attached hydrogens (tertiary/aromatic N) is 4. The first-order chi connectivity index (χ1) is 34.2. The molecule has 0 amide bonds. The van der Waals surface area contributed by atoms with Gasteiger partial charge in [0, 0.05) is 58.9 Å². The van der Waals surface area contributed by atoms with Crippen molar-refractivity contribution in [2.45, 2.75) is 18.8 Å². The van der Waals surface area contributed by atoms with Gasteiger partial charge in [-0.15, -0.1) is 11.3 Å². The van der Waals surface area contributed by atoms with E-state index in [2.05, 4.69) is 205 Å². The Morgan fingerprint density at radius 3 is 1.67 bits per heavy atom. The van der Waals surface area contributed by atoms with Crippen molar-refractivity contribution in [1.82, 2.24) is 19.5 Å². The van der Waals surface area contributed by atoms with Crippen LogP contribution in [0.15, 0.2) is 224 Å². The second-order valence-corrected chi connectivity index (χ2v) is 19.3. The SMILES string of the molecule is c1ccc(-c2ccc(-c3nc(-c4ccccc4)nc(-c4ccc(-n5c6cc(CCC7c8ccccc8-c8ccccc87)ccc6c6cc7c(cc65)sc5ccccc57)c5ccccc45)n3)cc2)cc1. The molecule has 10 aromatic carbocycles. The van der Waals surface area contributed by atoms with Gasteiger partial charge in [-0.25, -0.2) is 15.0 Å². The summed E-state index contributed by atoms with van der Waals surface area (Å²) in [6, 6.07) is 81.3. The average Bonchev–Trinajstić information content (AvgIpc) is 4.06. The van der Waals surface area contributed by atoms with Crippen LogP contribution in [0.1, 0.15) is 29.0 Å². The van der Waals surface area contributed by atoms with Crippen molar-refractivity contribution >= 4 is 64.1 Å². The highest BCUT2D eigenvalue weighted by molar-refractivity contribution is 7.25. The number of rotatable bonds is 8. The lowest BCUT2D eigenvalue weighted by Crippen LogP contribution is -2.02. The predicted octanol–water partition coefficient (Wildman–Crippen LogP) is 16.9. The van der Waals surface area contributed by atoms with E-state index in [9.17, 15) is 0 Å². The zero-order chi connectivity index (χ0) is 45.4. The zero-order valence-corrected chi connectivity index (χ0v) is 38.4. The Balaban J connectivity index is 0.934. The number of thiophene rings is 1. The number of hydrogen-bond acceptors (Lipinski definition) is 4. The van der Waals surface area contributed by atoms with Gasteiger partial charge in [-0.1, -0.05) is 188 Å². The molecule has 0 unspecified atom stereocenters. The van der Waals surface area contributed by atoms with Crippen molar-refractivity contribution in [2.75, 3.05) is 0 Å². The quantitative estimate of drug-likeness (QED) is 0.153. The maximum Gasteiger partial charge on any atom is 0.164 e. The average molecular weight is 899 g/mol. The van der Waals surface area contributed by atoms with Crippen molar-refractivity contribution in [3.63, 3.8) is 0 Å². The molecule has 0 spiro atoms. The van der Waals surface area contributed by atoms with Crippen LogP contribution in [0.25, 0.3) is 115 Å². The molecule has 69 heavy (non-hydrogen) atoms. The summed E-state index contributed by atoms with van der Waals surface area (Å²) >= 11 is 1.87. The van der Waals surface area contributed by atoms with Crippen LogP contribution in [-0.4, -0.2) is 19.5 Å². The van der Waals surface area contributed by atoms with Crippen LogP contribution in [0.5, 0.6) is 0 Å². The summed E-state index contributed by atoms with van der Waals surface area (Å²) in [7, 11) is 0. The Kier molecular flexibility index (Phi) is 9.24. The van der Waals surface area contributed by atoms with Gasteiger partial charge in [0.25, 0.3) is 0 Å². The highest BCUT2D eigenvalue weighted by Gasteiger charge is 2.28. The molecule has 3 aromatic heterocycles. The van der Waals surface area contributed by atoms with Crippen LogP contribution in [0.4, 0.5) is 0 Å². The summed E-state index contributed by atoms with van der Waals surface area (Å²) in [5.41, 5.74) is 15.7. The third-order valence-corrected chi connectivity index (χ3v) is 15.4. The summed E-state index contributed by atoms with van der Waals surface area (Å²) in [4.78, 5) is 15.6. The minimum atomic E-state index is 0.363. The first kappa shape index (κ1) is 39.6. The van der Waals surface area contributed by atoms with Crippen LogP contribution in [0.3, 0.4) is 0 Å². The fraction of sp³-hybridized carbons (Fsp3) is 0.0469. The number of aromatic nitrogens is 4. The first-order valence-corrected chi connectivity index (χ1v) is 24.6. The van der Waals surface area contributed by atoms with Crippen LogP contribution in [-0.2, 0) is 6.42 Å². The highest BCUT2D eigenvalue weighted by atomic mass is 32.1. The molecule has 1 aliphatic carbocycles. The smallest absolute Gasteiger partial charge is 0.164 e. The van der Waals surface area contributed by atoms with E-state index in [0.29, 0.717) is 23.4 Å². The molecule has 324 valence electrons. The number of fused-ring (bicyclic) bond motifs is 10. The molecule has 0 fully saturated rings. The topological polar surface area (TPSA) is 43.6 Å². The van der Waals surface area contributed by atoms with E-state index in [-0.39, 0.29) is 0 Å². The largest absolute Gasteiger partial charge is 0.309 e. The Hall–Kier alpha value is -8.51. The molecule has 0 saturated carbocycles. The normalized spacial score (nSPS) is 12.4. The Morgan fingerprint density at radius 1 is 0.362 bits per heavy atom. The molecular formula is C64H42N4S. The summed E-state index contributed by atoms with van der Waals surface area (Å²) < 4.78 is 5.12. The third-order valence-electron chi connectivity index (χ3n) is 14.3. The van der Waals surface area contributed by atoms with Gasteiger partial charge < -0.3 is 4.57 Å². The fourth-order valence-corrected chi connectivity index (χ4v) is 12.2. The van der Waals surface area contributed by atoms with Gasteiger partial charge >= 0.3 is 0 Å². The summed E-state index contributed by atoms with van der Waals surface area (Å²) in [6.07, 6.45) is 2.00. The van der Waals surface area contributed by atoms with Crippen LogP contribution >= 0.6 is 11.3 Å². The molecule has 0 aliphatic heterocycles. The van der Waals surface area contributed by atoms with E-state index in [0.717, 1.165) is 51.6 Å². The molecule has 13 aromatic rings. The predicted molar refractivity (Wildman–Crippen MR) is 288 cm³/mol. The van der Waals surface area contributed by atoms with E-state index < -0.39 is 0 Å². The second kappa shape index (κ2) is 16.1. The molecular weight excluding hydrogens is 857 g/mol. The molecule has 4 nitrogen and oxygen atoms in total. The van der Waals surface area contributed by atoms with Crippen LogP contribution < -0.4 is 0 Å². The lowest BCUT2D eigenvalue weighted by Gasteiger charge is -2.16. The zero-order valence-electron chi connectivity index (χ0n) is 37.6. The molecule has 0 saturated heterocycles. The van der Waals surface area contributed by atoms with E-state index in [1.165, 1.54) is 75.4 Å². The fourth-order valence-electron chi connectivity index (χ4n) is 11.0. The van der Waals surface area contributed by atoms with E-state index >= 15 is 0 Å². The monoisotopic (exact) mass is 898 g/mol. The first-order valence-electron chi connectivity index (χ1n) is 23.8. The molecule has 0 atom stereocenters. The maximum atomic E-state index is 5.26. The van der Waals surface area contributed by atoms with E-state index in [1.807, 2.05) is 35.6 Å². The van der Waals surface area contributed by atoms with Crippen molar-refractivity contribution < 1.29 is 0 Å². The summed E-state index contributed by atoms with van der Waals surface area (Å²) in [6.45, 7) is 0. The van der Waals surface area contributed by atoms with Gasteiger partial charge in [-0.05, 0) is 93.6 Å². The van der Waals surface area contributed by atoms with E-state index in [1.54, 1.807) is 0 Å². The van der Waals surface area contributed by atoms with Gasteiger partial charge in [-0.2, -0.15) is 0 Å². The standard InChI is InChI=1S/C64H42N4S/c1-3-15-41(16-4-1)42-29-31-44(32-30-42)63-65-62(43-17-5-2-6-18-43)66-64(67-63)54-35-36-57(51-24-12-11-23-49(51)54)68-58-37-40(27-33-50-47-21-9-7-19-45(47)46-20-8-10-22-48(46)50)28-34-52(58)55-38-56-53-25-13-14-26-60(53)69-61(56)39-59(55)68/h1-26,28-32,34-39,50H,27,33H2. The molecule has 1 aliphatic rings. The van der Waals surface area contributed by atoms with E-state index in [4.69, 9.17) is 15.0 Å². The molecule has 0 bridgehead atoms. The van der Waals surface area contributed by atoms with Crippen molar-refractivity contribution in [2.24, 2.45) is 0 Å². The number of benzene rings is 10. The Bertz CT molecular complexity index is 4090. The van der Waals surface area contributed by atoms with Crippen LogP contribution in [0.2, 0.25) is 0 Å². The van der Waals surface area contributed by atoms with Crippen molar-refractivity contribution in [1.29, 1.82) is 0 Å². The van der Waals surface area contributed by atoms with Crippen molar-refractivity contribution in [3.8, 4) is 62.1 Å². The van der Waals surface area contributed by atoms with Crippen LogP contribution in [0, 0.1) is 0 Å². The summed E-state index contributed by atoms with van der Waals surface area (Å²) in [5.74, 6) is 2.28. The molecule has 3 heterocycles.